The Kier molecular flexibility index (Phi) is 1.76. The zero-order valence-electron chi connectivity index (χ0n) is 6.30. The van der Waals surface area contributed by atoms with Gasteiger partial charge in [-0.1, -0.05) is 0 Å². The molecule has 1 aromatic rings. The van der Waals surface area contributed by atoms with Crippen molar-refractivity contribution in [2.24, 2.45) is 0 Å². The van der Waals surface area contributed by atoms with Crippen LogP contribution in [0.25, 0.3) is 0 Å². The largest absolute Gasteiger partial charge is 0.445 e. The van der Waals surface area contributed by atoms with Gasteiger partial charge in [0.15, 0.2) is 12.0 Å². The van der Waals surface area contributed by atoms with Crippen molar-refractivity contribution in [3.63, 3.8) is 0 Å². The predicted molar refractivity (Wildman–Crippen MR) is 36.0 cm³/mol. The Labute approximate surface area is 63.2 Å². The van der Waals surface area contributed by atoms with Gasteiger partial charge in [0, 0.05) is 0 Å². The SMILES string of the molecule is CC(C)(F)c1nc(C=O)co1. The van der Waals surface area contributed by atoms with E-state index in [0.717, 1.165) is 6.26 Å². The van der Waals surface area contributed by atoms with Gasteiger partial charge >= 0.3 is 0 Å². The first-order valence-corrected chi connectivity index (χ1v) is 3.14. The first-order valence-electron chi connectivity index (χ1n) is 3.14. The topological polar surface area (TPSA) is 43.1 Å². The average Bonchev–Trinajstić information content (AvgIpc) is 2.32. The molecule has 0 N–H and O–H groups in total. The van der Waals surface area contributed by atoms with Gasteiger partial charge in [0.25, 0.3) is 0 Å². The lowest BCUT2D eigenvalue weighted by molar-refractivity contribution is 0.111. The van der Waals surface area contributed by atoms with Gasteiger partial charge in [-0.15, -0.1) is 0 Å². The van der Waals surface area contributed by atoms with Crippen molar-refractivity contribution in [1.82, 2.24) is 4.98 Å². The molecule has 1 heterocycles. The van der Waals surface area contributed by atoms with Crippen LogP contribution in [0.2, 0.25) is 0 Å². The minimum absolute atomic E-state index is 0.0698. The number of hydrogen-bond acceptors (Lipinski definition) is 3. The summed E-state index contributed by atoms with van der Waals surface area (Å²) in [5.74, 6) is -0.0698. The van der Waals surface area contributed by atoms with Crippen LogP contribution in [0.1, 0.15) is 30.2 Å². The Morgan fingerprint density at radius 1 is 1.73 bits per heavy atom. The highest BCUT2D eigenvalue weighted by atomic mass is 19.1. The van der Waals surface area contributed by atoms with Crippen molar-refractivity contribution in [3.8, 4) is 0 Å². The molecule has 0 aliphatic carbocycles. The maximum Gasteiger partial charge on any atom is 0.231 e. The summed E-state index contributed by atoms with van der Waals surface area (Å²) in [4.78, 5) is 13.7. The maximum absolute atomic E-state index is 13.0. The van der Waals surface area contributed by atoms with Gasteiger partial charge in [0.1, 0.15) is 12.0 Å². The molecule has 0 saturated carbocycles. The lowest BCUT2D eigenvalue weighted by Crippen LogP contribution is -2.09. The normalized spacial score (nSPS) is 11.5. The van der Waals surface area contributed by atoms with Crippen LogP contribution in [-0.2, 0) is 5.67 Å². The van der Waals surface area contributed by atoms with Crippen LogP contribution in [0.5, 0.6) is 0 Å². The van der Waals surface area contributed by atoms with Crippen molar-refractivity contribution in [2.75, 3.05) is 0 Å². The molecule has 0 aliphatic heterocycles. The maximum atomic E-state index is 13.0. The fourth-order valence-electron chi connectivity index (χ4n) is 0.613. The van der Waals surface area contributed by atoms with E-state index in [2.05, 4.69) is 4.98 Å². The van der Waals surface area contributed by atoms with Crippen molar-refractivity contribution in [3.05, 3.63) is 17.8 Å². The van der Waals surface area contributed by atoms with Crippen molar-refractivity contribution in [2.45, 2.75) is 19.5 Å². The summed E-state index contributed by atoms with van der Waals surface area (Å²) in [7, 11) is 0. The first-order chi connectivity index (χ1) is 5.04. The fraction of sp³-hybridized carbons (Fsp3) is 0.429. The highest BCUT2D eigenvalue weighted by Crippen LogP contribution is 2.22. The van der Waals surface area contributed by atoms with Gasteiger partial charge < -0.3 is 4.42 Å². The lowest BCUT2D eigenvalue weighted by Gasteiger charge is -2.06. The van der Waals surface area contributed by atoms with E-state index >= 15 is 0 Å². The fourth-order valence-corrected chi connectivity index (χ4v) is 0.613. The minimum atomic E-state index is -1.62. The third kappa shape index (κ3) is 1.63. The van der Waals surface area contributed by atoms with Crippen molar-refractivity contribution < 1.29 is 13.6 Å². The van der Waals surface area contributed by atoms with Gasteiger partial charge in [-0.2, -0.15) is 0 Å². The van der Waals surface area contributed by atoms with Crippen LogP contribution in [-0.4, -0.2) is 11.3 Å². The summed E-state index contributed by atoms with van der Waals surface area (Å²) >= 11 is 0. The summed E-state index contributed by atoms with van der Waals surface area (Å²) < 4.78 is 17.7. The van der Waals surface area contributed by atoms with Crippen LogP contribution in [0.15, 0.2) is 10.7 Å². The van der Waals surface area contributed by atoms with E-state index in [1.807, 2.05) is 0 Å². The summed E-state index contributed by atoms with van der Waals surface area (Å²) in [6.45, 7) is 2.63. The van der Waals surface area contributed by atoms with Crippen LogP contribution < -0.4 is 0 Å². The predicted octanol–water partition coefficient (Wildman–Crippen LogP) is 1.69. The van der Waals surface area contributed by atoms with Gasteiger partial charge in [-0.25, -0.2) is 9.37 Å². The van der Waals surface area contributed by atoms with E-state index in [0.29, 0.717) is 6.29 Å². The lowest BCUT2D eigenvalue weighted by atomic mass is 10.2. The van der Waals surface area contributed by atoms with Crippen LogP contribution in [0.3, 0.4) is 0 Å². The number of carbonyl (C=O) groups excluding carboxylic acids is 1. The summed E-state index contributed by atoms with van der Waals surface area (Å²) in [5, 5.41) is 0. The van der Waals surface area contributed by atoms with Crippen molar-refractivity contribution in [1.29, 1.82) is 0 Å². The minimum Gasteiger partial charge on any atom is -0.445 e. The average molecular weight is 157 g/mol. The molecule has 0 amide bonds. The third-order valence-corrected chi connectivity index (χ3v) is 1.15. The van der Waals surface area contributed by atoms with Gasteiger partial charge in [0.2, 0.25) is 5.89 Å². The number of aldehydes is 1. The number of carbonyl (C=O) groups is 1. The number of oxazole rings is 1. The van der Waals surface area contributed by atoms with Crippen LogP contribution in [0, 0.1) is 0 Å². The number of aromatic nitrogens is 1. The second-order valence-corrected chi connectivity index (χ2v) is 2.67. The smallest absolute Gasteiger partial charge is 0.231 e. The monoisotopic (exact) mass is 157 g/mol. The number of halogens is 1. The van der Waals surface area contributed by atoms with Gasteiger partial charge in [0.05, 0.1) is 0 Å². The molecule has 0 fully saturated rings. The van der Waals surface area contributed by atoms with E-state index in [4.69, 9.17) is 4.42 Å². The standard InChI is InChI=1S/C7H8FNO2/c1-7(2,8)6-9-5(3-10)4-11-6/h3-4H,1-2H3. The number of hydrogen-bond donors (Lipinski definition) is 0. The summed E-state index contributed by atoms with van der Waals surface area (Å²) in [6.07, 6.45) is 1.64. The Morgan fingerprint density at radius 2 is 2.36 bits per heavy atom. The molecule has 1 rings (SSSR count). The molecule has 4 heteroatoms. The molecule has 3 nitrogen and oxygen atoms in total. The molecular weight excluding hydrogens is 149 g/mol. The summed E-state index contributed by atoms with van der Waals surface area (Å²) in [6, 6.07) is 0. The highest BCUT2D eigenvalue weighted by molar-refractivity contribution is 5.70. The Morgan fingerprint density at radius 3 is 2.64 bits per heavy atom. The van der Waals surface area contributed by atoms with E-state index < -0.39 is 5.67 Å². The second kappa shape index (κ2) is 2.45. The number of nitrogens with zero attached hydrogens (tertiary/aromatic N) is 1. The molecule has 0 unspecified atom stereocenters. The van der Waals surface area contributed by atoms with E-state index in [-0.39, 0.29) is 11.6 Å². The molecule has 11 heavy (non-hydrogen) atoms. The van der Waals surface area contributed by atoms with E-state index in [9.17, 15) is 9.18 Å². The summed E-state index contributed by atoms with van der Waals surface area (Å²) in [5.41, 5.74) is -1.51. The second-order valence-electron chi connectivity index (χ2n) is 2.67. The van der Waals surface area contributed by atoms with Crippen LogP contribution >= 0.6 is 0 Å². The zero-order chi connectivity index (χ0) is 8.48. The highest BCUT2D eigenvalue weighted by Gasteiger charge is 2.24. The molecule has 0 aliphatic rings. The molecule has 0 saturated heterocycles. The van der Waals surface area contributed by atoms with Gasteiger partial charge in [-0.3, -0.25) is 4.79 Å². The molecule has 0 atom stereocenters. The molecular formula is C7H8FNO2. The van der Waals surface area contributed by atoms with E-state index in [1.54, 1.807) is 0 Å². The molecule has 0 bridgehead atoms. The third-order valence-electron chi connectivity index (χ3n) is 1.15. The zero-order valence-corrected chi connectivity index (χ0v) is 6.30. The van der Waals surface area contributed by atoms with Gasteiger partial charge in [-0.05, 0) is 13.8 Å². The number of alkyl halides is 1. The Balaban J connectivity index is 2.98. The van der Waals surface area contributed by atoms with Crippen molar-refractivity contribution >= 4 is 6.29 Å². The quantitative estimate of drug-likeness (QED) is 0.613. The molecule has 1 aromatic heterocycles. The Bertz CT molecular complexity index is 262. The molecule has 0 aromatic carbocycles. The molecule has 0 radical (unpaired) electrons. The van der Waals surface area contributed by atoms with E-state index in [1.165, 1.54) is 13.8 Å². The molecule has 0 spiro atoms. The molecule has 60 valence electrons. The number of rotatable bonds is 2. The first kappa shape index (κ1) is 7.91. The Hall–Kier alpha value is -1.19. The van der Waals surface area contributed by atoms with Crippen LogP contribution in [0.4, 0.5) is 4.39 Å².